The highest BCUT2D eigenvalue weighted by Gasteiger charge is 2.52. The number of aromatic nitrogens is 2. The first-order valence-corrected chi connectivity index (χ1v) is 14.5. The summed E-state index contributed by atoms with van der Waals surface area (Å²) in [5.74, 6) is -1.63. The molecule has 220 valence electrons. The number of halogens is 1. The molecular formula is C30H26FN5O6S. The first-order chi connectivity index (χ1) is 20.9. The number of nitrogens with one attached hydrogen (secondary N) is 3. The van der Waals surface area contributed by atoms with Crippen molar-refractivity contribution in [3.8, 4) is 11.5 Å². The van der Waals surface area contributed by atoms with E-state index in [0.717, 1.165) is 16.0 Å². The van der Waals surface area contributed by atoms with Gasteiger partial charge in [-0.15, -0.1) is 0 Å². The lowest BCUT2D eigenvalue weighted by Crippen LogP contribution is -2.49. The molecule has 3 amide bonds. The van der Waals surface area contributed by atoms with Crippen molar-refractivity contribution in [2.45, 2.75) is 34.6 Å². The second kappa shape index (κ2) is 11.0. The van der Waals surface area contributed by atoms with Crippen LogP contribution in [-0.4, -0.2) is 70.7 Å². The van der Waals surface area contributed by atoms with Crippen molar-refractivity contribution >= 4 is 40.4 Å². The van der Waals surface area contributed by atoms with Crippen molar-refractivity contribution in [1.29, 1.82) is 0 Å². The van der Waals surface area contributed by atoms with Crippen molar-refractivity contribution in [2.75, 3.05) is 26.3 Å². The van der Waals surface area contributed by atoms with E-state index in [9.17, 15) is 18.8 Å². The summed E-state index contributed by atoms with van der Waals surface area (Å²) in [6.07, 6.45) is 2.78. The quantitative estimate of drug-likeness (QED) is 0.269. The summed E-state index contributed by atoms with van der Waals surface area (Å²) >= 11 is 1.55. The summed E-state index contributed by atoms with van der Waals surface area (Å²) in [5.41, 5.74) is 1.22. The van der Waals surface area contributed by atoms with Crippen LogP contribution in [0.2, 0.25) is 0 Å². The van der Waals surface area contributed by atoms with E-state index in [1.807, 2.05) is 30.3 Å². The molecule has 2 saturated heterocycles. The Kier molecular flexibility index (Phi) is 7.00. The standard InChI is InChI=1S/C30H26FN5O6S/c31-20-14-32-12-18-9-19(35-27(18)20)13-33-29(39)21-11-30(40-7-8-41-30)16-36(21)26(37)15-34-28(38)17-5-6-25-23(10-17)42-22-3-1-2-4-24(22)43-25/h1-6,9-10,12,14,21,35H,7-8,11,13,15-16H2,(H,33,39)(H,34,38)/t21-/m0/s1. The van der Waals surface area contributed by atoms with Crippen molar-refractivity contribution < 1.29 is 33.0 Å². The number of fused-ring (bicyclic) bond motifs is 3. The number of carbonyl (C=O) groups excluding carboxylic acids is 3. The van der Waals surface area contributed by atoms with Gasteiger partial charge in [-0.1, -0.05) is 23.9 Å². The van der Waals surface area contributed by atoms with Crippen LogP contribution in [0.5, 0.6) is 11.5 Å². The number of hydrogen-bond donors (Lipinski definition) is 3. The number of hydrogen-bond acceptors (Lipinski definition) is 8. The monoisotopic (exact) mass is 603 g/mol. The molecule has 0 bridgehead atoms. The van der Waals surface area contributed by atoms with Crippen LogP contribution in [0, 0.1) is 5.82 Å². The lowest BCUT2D eigenvalue weighted by Gasteiger charge is -2.24. The molecule has 0 aliphatic carbocycles. The number of likely N-dealkylation sites (tertiary alicyclic amines) is 1. The normalized spacial score (nSPS) is 18.3. The average Bonchev–Trinajstić information content (AvgIpc) is 3.76. The Labute approximate surface area is 249 Å². The smallest absolute Gasteiger partial charge is 0.251 e. The molecular weight excluding hydrogens is 577 g/mol. The Morgan fingerprint density at radius 2 is 1.86 bits per heavy atom. The summed E-state index contributed by atoms with van der Waals surface area (Å²) in [5, 5.41) is 6.07. The van der Waals surface area contributed by atoms with Gasteiger partial charge in [0, 0.05) is 29.3 Å². The van der Waals surface area contributed by atoms with Crippen LogP contribution < -0.4 is 15.4 Å². The predicted octanol–water partition coefficient (Wildman–Crippen LogP) is 3.35. The van der Waals surface area contributed by atoms with Crippen LogP contribution in [0.4, 0.5) is 4.39 Å². The summed E-state index contributed by atoms with van der Waals surface area (Å²) in [7, 11) is 0. The van der Waals surface area contributed by atoms with Crippen LogP contribution in [-0.2, 0) is 25.6 Å². The van der Waals surface area contributed by atoms with Crippen LogP contribution in [0.1, 0.15) is 22.5 Å². The fraction of sp³-hybridized carbons (Fsp3) is 0.267. The van der Waals surface area contributed by atoms with Crippen molar-refractivity contribution in [2.24, 2.45) is 0 Å². The maximum absolute atomic E-state index is 14.0. The molecule has 2 aromatic carbocycles. The minimum atomic E-state index is -1.08. The van der Waals surface area contributed by atoms with Gasteiger partial charge in [0.15, 0.2) is 11.6 Å². The van der Waals surface area contributed by atoms with E-state index in [1.165, 1.54) is 11.1 Å². The number of rotatable bonds is 6. The zero-order chi connectivity index (χ0) is 29.6. The molecule has 4 aromatic rings. The van der Waals surface area contributed by atoms with Crippen LogP contribution in [0.15, 0.2) is 70.7 Å². The zero-order valence-electron chi connectivity index (χ0n) is 22.7. The number of para-hydroxylation sites is 1. The highest BCUT2D eigenvalue weighted by atomic mass is 32.2. The molecule has 1 spiro atoms. The summed E-state index contributed by atoms with van der Waals surface area (Å²) in [6.45, 7) is 0.505. The van der Waals surface area contributed by atoms with Gasteiger partial charge in [-0.25, -0.2) is 4.39 Å². The minimum absolute atomic E-state index is 0.0480. The number of aromatic amines is 1. The molecule has 11 nitrogen and oxygen atoms in total. The number of ether oxygens (including phenoxy) is 3. The predicted molar refractivity (Wildman–Crippen MR) is 152 cm³/mol. The fourth-order valence-corrected chi connectivity index (χ4v) is 6.47. The number of carbonyl (C=O) groups is 3. The van der Waals surface area contributed by atoms with Gasteiger partial charge in [0.1, 0.15) is 17.5 Å². The maximum atomic E-state index is 14.0. The maximum Gasteiger partial charge on any atom is 0.251 e. The van der Waals surface area contributed by atoms with Crippen LogP contribution in [0.3, 0.4) is 0 Å². The molecule has 2 fully saturated rings. The molecule has 13 heteroatoms. The third-order valence-electron chi connectivity index (χ3n) is 7.62. The zero-order valence-corrected chi connectivity index (χ0v) is 23.5. The van der Waals surface area contributed by atoms with Crippen molar-refractivity contribution in [1.82, 2.24) is 25.5 Å². The lowest BCUT2D eigenvalue weighted by molar-refractivity contribution is -0.152. The third kappa shape index (κ3) is 5.31. The van der Waals surface area contributed by atoms with Crippen LogP contribution in [0.25, 0.3) is 10.9 Å². The molecule has 1 atom stereocenters. The highest BCUT2D eigenvalue weighted by molar-refractivity contribution is 7.99. The summed E-state index contributed by atoms with van der Waals surface area (Å²) in [6, 6.07) is 13.6. The lowest BCUT2D eigenvalue weighted by atomic mass is 10.1. The Morgan fingerprint density at radius 1 is 1.05 bits per heavy atom. The Balaban J connectivity index is 1.01. The SMILES string of the molecule is O=C(NCC(=O)N1CC2(C[C@H]1C(=O)NCc1cc3cncc(F)c3[nH]1)OCCO2)c1ccc2c(c1)Oc1ccccc1S2. The Hall–Kier alpha value is -4.46. The summed E-state index contributed by atoms with van der Waals surface area (Å²) in [4.78, 5) is 49.7. The molecule has 0 radical (unpaired) electrons. The molecule has 3 aliphatic rings. The Bertz CT molecular complexity index is 1760. The number of H-pyrrole nitrogens is 1. The van der Waals surface area contributed by atoms with Gasteiger partial charge in [0.2, 0.25) is 11.8 Å². The number of nitrogens with zero attached hydrogens (tertiary/aromatic N) is 2. The number of benzene rings is 2. The first kappa shape index (κ1) is 27.4. The molecule has 0 unspecified atom stereocenters. The van der Waals surface area contributed by atoms with Crippen molar-refractivity contribution in [3.05, 3.63) is 78.0 Å². The molecule has 5 heterocycles. The average molecular weight is 604 g/mol. The molecule has 0 saturated carbocycles. The topological polar surface area (TPSA) is 135 Å². The van der Waals surface area contributed by atoms with Gasteiger partial charge in [0.25, 0.3) is 5.91 Å². The van der Waals surface area contributed by atoms with Gasteiger partial charge in [-0.2, -0.15) is 0 Å². The van der Waals surface area contributed by atoms with Gasteiger partial charge in [-0.05, 0) is 36.4 Å². The second-order valence-corrected chi connectivity index (χ2v) is 11.5. The van der Waals surface area contributed by atoms with E-state index in [2.05, 4.69) is 20.6 Å². The minimum Gasteiger partial charge on any atom is -0.455 e. The second-order valence-electron chi connectivity index (χ2n) is 10.4. The third-order valence-corrected chi connectivity index (χ3v) is 8.74. The van der Waals surface area contributed by atoms with Gasteiger partial charge in [0.05, 0.1) is 54.4 Å². The molecule has 3 aliphatic heterocycles. The van der Waals surface area contributed by atoms with Crippen molar-refractivity contribution in [3.63, 3.8) is 0 Å². The van der Waals surface area contributed by atoms with E-state index in [4.69, 9.17) is 14.2 Å². The van der Waals surface area contributed by atoms with Crippen LogP contribution >= 0.6 is 11.8 Å². The van der Waals surface area contributed by atoms with Gasteiger partial charge < -0.3 is 34.7 Å². The van der Waals surface area contributed by atoms with Gasteiger partial charge >= 0.3 is 0 Å². The van der Waals surface area contributed by atoms with E-state index < -0.39 is 35.4 Å². The molecule has 7 rings (SSSR count). The first-order valence-electron chi connectivity index (χ1n) is 13.7. The Morgan fingerprint density at radius 3 is 2.70 bits per heavy atom. The van der Waals surface area contributed by atoms with Gasteiger partial charge in [-0.3, -0.25) is 19.4 Å². The molecule has 2 aromatic heterocycles. The number of amides is 3. The van der Waals surface area contributed by atoms with E-state index in [0.29, 0.717) is 46.9 Å². The fourth-order valence-electron chi connectivity index (χ4n) is 5.54. The van der Waals surface area contributed by atoms with E-state index >= 15 is 0 Å². The molecule has 43 heavy (non-hydrogen) atoms. The van der Waals surface area contributed by atoms with E-state index in [-0.39, 0.29) is 26.1 Å². The van der Waals surface area contributed by atoms with E-state index in [1.54, 1.807) is 30.0 Å². The highest BCUT2D eigenvalue weighted by Crippen LogP contribution is 2.47. The summed E-state index contributed by atoms with van der Waals surface area (Å²) < 4.78 is 31.6. The largest absolute Gasteiger partial charge is 0.455 e. The number of pyridine rings is 1. The molecule has 3 N–H and O–H groups in total.